The number of nitrogens with zero attached hydrogens (tertiary/aromatic N) is 1. The summed E-state index contributed by atoms with van der Waals surface area (Å²) in [5.74, 6) is 0.681. The van der Waals surface area contributed by atoms with Crippen LogP contribution in [0.3, 0.4) is 0 Å². The molecule has 1 N–H and O–H groups in total. The normalized spacial score (nSPS) is 11.0. The lowest BCUT2D eigenvalue weighted by Gasteiger charge is -2.04. The highest BCUT2D eigenvalue weighted by atomic mass is 32.1. The second kappa shape index (κ2) is 8.78. The van der Waals surface area contributed by atoms with Crippen molar-refractivity contribution < 1.29 is 9.53 Å². The number of carbonyl (C=O) groups is 1. The first kappa shape index (κ1) is 18.4. The van der Waals surface area contributed by atoms with Crippen molar-refractivity contribution >= 4 is 34.7 Å². The Labute approximate surface area is 161 Å². The number of ether oxygens (including phenoxy) is 1. The van der Waals surface area contributed by atoms with Gasteiger partial charge < -0.3 is 10.1 Å². The first-order chi connectivity index (χ1) is 12.6. The third-order valence-electron chi connectivity index (χ3n) is 3.59. The van der Waals surface area contributed by atoms with Gasteiger partial charge >= 0.3 is 0 Å². The molecule has 4 nitrogen and oxygen atoms in total. The summed E-state index contributed by atoms with van der Waals surface area (Å²) in [4.78, 5) is 18.7. The quantitative estimate of drug-likeness (QED) is 0.599. The van der Waals surface area contributed by atoms with E-state index in [4.69, 9.17) is 4.74 Å². The van der Waals surface area contributed by atoms with E-state index in [1.54, 1.807) is 34.8 Å². The van der Waals surface area contributed by atoms with Gasteiger partial charge in [0.05, 0.1) is 17.2 Å². The van der Waals surface area contributed by atoms with Crippen LogP contribution in [0, 0.1) is 13.8 Å². The van der Waals surface area contributed by atoms with Gasteiger partial charge in [0.15, 0.2) is 0 Å². The number of thiophene rings is 1. The van der Waals surface area contributed by atoms with Crippen LogP contribution in [0.15, 0.2) is 47.9 Å². The molecule has 0 aliphatic carbocycles. The molecule has 1 aromatic carbocycles. The number of rotatable bonds is 7. The average Bonchev–Trinajstić information content (AvgIpc) is 3.25. The molecular formula is C20H20N2O2S2. The molecule has 3 rings (SSSR count). The Kier molecular flexibility index (Phi) is 6.20. The van der Waals surface area contributed by atoms with Gasteiger partial charge in [-0.25, -0.2) is 4.98 Å². The standard InChI is InChI=1S/C20H20N2O2S2/c1-14-3-9-19(26-14)11-21-20(23)10-6-16-4-7-18(8-5-16)24-12-17-13-25-15(2)22-17/h3-10,13H,11-12H2,1-2H3,(H,21,23)/b10-6+. The highest BCUT2D eigenvalue weighted by molar-refractivity contribution is 7.11. The summed E-state index contributed by atoms with van der Waals surface area (Å²) in [6, 6.07) is 11.7. The average molecular weight is 385 g/mol. The van der Waals surface area contributed by atoms with Crippen molar-refractivity contribution in [3.05, 3.63) is 73.9 Å². The maximum absolute atomic E-state index is 11.9. The topological polar surface area (TPSA) is 51.2 Å². The van der Waals surface area contributed by atoms with Crippen molar-refractivity contribution in [2.24, 2.45) is 0 Å². The molecule has 134 valence electrons. The summed E-state index contributed by atoms with van der Waals surface area (Å²) in [5.41, 5.74) is 1.89. The van der Waals surface area contributed by atoms with Crippen LogP contribution in [0.25, 0.3) is 6.08 Å². The number of hydrogen-bond acceptors (Lipinski definition) is 5. The van der Waals surface area contributed by atoms with E-state index in [0.717, 1.165) is 26.9 Å². The molecule has 0 saturated carbocycles. The zero-order valence-corrected chi connectivity index (χ0v) is 16.3. The highest BCUT2D eigenvalue weighted by Gasteiger charge is 2.01. The van der Waals surface area contributed by atoms with E-state index in [1.807, 2.05) is 42.6 Å². The second-order valence-electron chi connectivity index (χ2n) is 5.78. The molecule has 26 heavy (non-hydrogen) atoms. The van der Waals surface area contributed by atoms with Gasteiger partial charge in [-0.15, -0.1) is 22.7 Å². The molecule has 3 aromatic rings. The Morgan fingerprint density at radius 1 is 1.19 bits per heavy atom. The van der Waals surface area contributed by atoms with Gasteiger partial charge in [0, 0.05) is 21.2 Å². The fourth-order valence-corrected chi connectivity index (χ4v) is 3.72. The van der Waals surface area contributed by atoms with E-state index in [0.29, 0.717) is 13.2 Å². The SMILES string of the molecule is Cc1ccc(CNC(=O)/C=C/c2ccc(OCc3csc(C)n3)cc2)s1. The molecule has 0 atom stereocenters. The number of aromatic nitrogens is 1. The Morgan fingerprint density at radius 3 is 2.65 bits per heavy atom. The monoisotopic (exact) mass is 384 g/mol. The number of aryl methyl sites for hydroxylation is 2. The van der Waals surface area contributed by atoms with Crippen molar-refractivity contribution in [1.29, 1.82) is 0 Å². The van der Waals surface area contributed by atoms with Crippen LogP contribution >= 0.6 is 22.7 Å². The molecule has 2 aromatic heterocycles. The van der Waals surface area contributed by atoms with Crippen LogP contribution in [0.2, 0.25) is 0 Å². The van der Waals surface area contributed by atoms with Crippen LogP contribution in [0.5, 0.6) is 5.75 Å². The molecule has 0 fully saturated rings. The number of benzene rings is 1. The van der Waals surface area contributed by atoms with Gasteiger partial charge in [0.25, 0.3) is 0 Å². The maximum atomic E-state index is 11.9. The van der Waals surface area contributed by atoms with Crippen LogP contribution in [-0.4, -0.2) is 10.9 Å². The molecular weight excluding hydrogens is 364 g/mol. The molecule has 2 heterocycles. The Morgan fingerprint density at radius 2 is 2.00 bits per heavy atom. The minimum Gasteiger partial charge on any atom is -0.487 e. The molecule has 0 unspecified atom stereocenters. The minimum atomic E-state index is -0.102. The number of carbonyl (C=O) groups excluding carboxylic acids is 1. The summed E-state index contributed by atoms with van der Waals surface area (Å²) in [6.45, 7) is 5.06. The van der Waals surface area contributed by atoms with Crippen molar-refractivity contribution in [2.45, 2.75) is 27.0 Å². The van der Waals surface area contributed by atoms with Gasteiger partial charge in [0.2, 0.25) is 5.91 Å². The minimum absolute atomic E-state index is 0.102. The largest absolute Gasteiger partial charge is 0.487 e. The van der Waals surface area contributed by atoms with E-state index < -0.39 is 0 Å². The van der Waals surface area contributed by atoms with Crippen molar-refractivity contribution in [2.75, 3.05) is 0 Å². The highest BCUT2D eigenvalue weighted by Crippen LogP contribution is 2.16. The van der Waals surface area contributed by atoms with Crippen molar-refractivity contribution in [3.8, 4) is 5.75 Å². The van der Waals surface area contributed by atoms with E-state index in [-0.39, 0.29) is 5.91 Å². The van der Waals surface area contributed by atoms with Crippen LogP contribution in [0.4, 0.5) is 0 Å². The van der Waals surface area contributed by atoms with Crippen LogP contribution in [-0.2, 0) is 17.9 Å². The predicted octanol–water partition coefficient (Wildman–Crippen LogP) is 4.73. The molecule has 0 aliphatic rings. The summed E-state index contributed by atoms with van der Waals surface area (Å²) in [5, 5.41) is 5.93. The summed E-state index contributed by atoms with van der Waals surface area (Å²) < 4.78 is 5.72. The van der Waals surface area contributed by atoms with Crippen LogP contribution < -0.4 is 10.1 Å². The molecule has 0 radical (unpaired) electrons. The Balaban J connectivity index is 1.46. The van der Waals surface area contributed by atoms with Gasteiger partial charge in [0.1, 0.15) is 12.4 Å². The summed E-state index contributed by atoms with van der Waals surface area (Å²) in [6.07, 6.45) is 3.34. The van der Waals surface area contributed by atoms with E-state index >= 15 is 0 Å². The van der Waals surface area contributed by atoms with Crippen LogP contribution in [0.1, 0.15) is 26.0 Å². The smallest absolute Gasteiger partial charge is 0.244 e. The zero-order chi connectivity index (χ0) is 18.4. The zero-order valence-electron chi connectivity index (χ0n) is 14.7. The van der Waals surface area contributed by atoms with E-state index in [9.17, 15) is 4.79 Å². The fraction of sp³-hybridized carbons (Fsp3) is 0.200. The van der Waals surface area contributed by atoms with Gasteiger partial charge in [-0.2, -0.15) is 0 Å². The number of thiazole rings is 1. The van der Waals surface area contributed by atoms with Crippen molar-refractivity contribution in [3.63, 3.8) is 0 Å². The first-order valence-corrected chi connectivity index (χ1v) is 9.93. The van der Waals surface area contributed by atoms with Gasteiger partial charge in [-0.05, 0) is 49.8 Å². The molecule has 6 heteroatoms. The summed E-state index contributed by atoms with van der Waals surface area (Å²) in [7, 11) is 0. The molecule has 0 spiro atoms. The van der Waals surface area contributed by atoms with Gasteiger partial charge in [-0.1, -0.05) is 12.1 Å². The van der Waals surface area contributed by atoms with Gasteiger partial charge in [-0.3, -0.25) is 4.79 Å². The molecule has 1 amide bonds. The number of amides is 1. The lowest BCUT2D eigenvalue weighted by atomic mass is 10.2. The third-order valence-corrected chi connectivity index (χ3v) is 5.42. The summed E-state index contributed by atoms with van der Waals surface area (Å²) >= 11 is 3.31. The Hall–Kier alpha value is -2.44. The molecule has 0 bridgehead atoms. The maximum Gasteiger partial charge on any atom is 0.244 e. The van der Waals surface area contributed by atoms with E-state index in [1.165, 1.54) is 4.88 Å². The Bertz CT molecular complexity index is 895. The lowest BCUT2D eigenvalue weighted by Crippen LogP contribution is -2.19. The third kappa shape index (κ3) is 5.54. The van der Waals surface area contributed by atoms with Crippen molar-refractivity contribution in [1.82, 2.24) is 10.3 Å². The predicted molar refractivity (Wildman–Crippen MR) is 108 cm³/mol. The first-order valence-electron chi connectivity index (χ1n) is 8.23. The fourth-order valence-electron chi connectivity index (χ4n) is 2.29. The number of hydrogen-bond donors (Lipinski definition) is 1. The molecule has 0 aliphatic heterocycles. The number of nitrogens with one attached hydrogen (secondary N) is 1. The lowest BCUT2D eigenvalue weighted by molar-refractivity contribution is -0.116. The second-order valence-corrected chi connectivity index (χ2v) is 8.21. The molecule has 0 saturated heterocycles. The van der Waals surface area contributed by atoms with E-state index in [2.05, 4.69) is 23.3 Å².